The molecule has 0 radical (unpaired) electrons. The van der Waals surface area contributed by atoms with Crippen molar-refractivity contribution in [2.24, 2.45) is 0 Å². The number of nitrogens with zero attached hydrogens (tertiary/aromatic N) is 3. The number of nitrogens with one attached hydrogen (secondary N) is 1. The Morgan fingerprint density at radius 3 is 2.46 bits per heavy atom. The molecule has 5 rings (SSSR count). The molecule has 0 aliphatic carbocycles. The molecule has 3 aromatic carbocycles. The third-order valence-corrected chi connectivity index (χ3v) is 6.64. The number of fused-ring (bicyclic) bond motifs is 1. The van der Waals surface area contributed by atoms with Gasteiger partial charge in [-0.05, 0) is 61.3 Å². The molecule has 2 heterocycles. The number of aromatic nitrogens is 2. The van der Waals surface area contributed by atoms with E-state index in [1.807, 2.05) is 77.5 Å². The quantitative estimate of drug-likeness (QED) is 0.336. The van der Waals surface area contributed by atoms with Crippen LogP contribution in [0.1, 0.15) is 24.0 Å². The molecule has 1 N–H and O–H groups in total. The van der Waals surface area contributed by atoms with Crippen molar-refractivity contribution >= 4 is 34.1 Å². The molecule has 4 aromatic rings. The van der Waals surface area contributed by atoms with Crippen molar-refractivity contribution in [3.8, 4) is 5.75 Å². The first-order chi connectivity index (χ1) is 17.2. The smallest absolute Gasteiger partial charge is 0.228 e. The highest BCUT2D eigenvalue weighted by atomic mass is 35.5. The summed E-state index contributed by atoms with van der Waals surface area (Å²) >= 11 is 6.50. The van der Waals surface area contributed by atoms with Crippen LogP contribution in [0, 0.1) is 0 Å². The summed E-state index contributed by atoms with van der Waals surface area (Å²) in [6, 6.07) is 23.5. The molecule has 0 atom stereocenters. The lowest BCUT2D eigenvalue weighted by atomic mass is 10.1. The maximum Gasteiger partial charge on any atom is 0.228 e. The maximum absolute atomic E-state index is 12.8. The number of ether oxygens (including phenoxy) is 1. The zero-order valence-corrected chi connectivity index (χ0v) is 20.4. The van der Waals surface area contributed by atoms with E-state index in [2.05, 4.69) is 15.3 Å². The summed E-state index contributed by atoms with van der Waals surface area (Å²) in [6.07, 6.45) is 2.79. The van der Waals surface area contributed by atoms with Gasteiger partial charge in [-0.1, -0.05) is 60.1 Å². The van der Waals surface area contributed by atoms with Gasteiger partial charge in [0.15, 0.2) is 5.15 Å². The zero-order chi connectivity index (χ0) is 24.0. The van der Waals surface area contributed by atoms with Crippen LogP contribution in [-0.2, 0) is 24.4 Å². The van der Waals surface area contributed by atoms with E-state index in [4.69, 9.17) is 16.3 Å². The van der Waals surface area contributed by atoms with Crippen LogP contribution in [0.3, 0.4) is 0 Å². The van der Waals surface area contributed by atoms with E-state index in [0.717, 1.165) is 54.0 Å². The largest absolute Gasteiger partial charge is 0.489 e. The van der Waals surface area contributed by atoms with E-state index in [0.29, 0.717) is 17.4 Å². The Labute approximate surface area is 210 Å². The molecule has 1 amide bonds. The third kappa shape index (κ3) is 5.84. The van der Waals surface area contributed by atoms with Gasteiger partial charge in [0.25, 0.3) is 0 Å². The fourth-order valence-electron chi connectivity index (χ4n) is 4.52. The molecule has 35 heavy (non-hydrogen) atoms. The summed E-state index contributed by atoms with van der Waals surface area (Å²) in [5.41, 5.74) is 3.65. The molecule has 0 bridgehead atoms. The van der Waals surface area contributed by atoms with Gasteiger partial charge in [-0.15, -0.1) is 0 Å². The van der Waals surface area contributed by atoms with E-state index in [1.54, 1.807) is 0 Å². The fourth-order valence-corrected chi connectivity index (χ4v) is 4.81. The minimum Gasteiger partial charge on any atom is -0.489 e. The van der Waals surface area contributed by atoms with Gasteiger partial charge in [0, 0.05) is 6.54 Å². The van der Waals surface area contributed by atoms with Gasteiger partial charge in [0.05, 0.1) is 29.6 Å². The first-order valence-electron chi connectivity index (χ1n) is 12.1. The summed E-state index contributed by atoms with van der Waals surface area (Å²) in [6.45, 7) is 4.54. The van der Waals surface area contributed by atoms with Crippen LogP contribution in [0.25, 0.3) is 10.9 Å². The Balaban J connectivity index is 1.20. The number of rotatable bonds is 9. The van der Waals surface area contributed by atoms with Gasteiger partial charge in [-0.25, -0.2) is 0 Å². The summed E-state index contributed by atoms with van der Waals surface area (Å²) < 4.78 is 7.78. The molecule has 0 spiro atoms. The van der Waals surface area contributed by atoms with E-state index < -0.39 is 0 Å². The highest BCUT2D eigenvalue weighted by Gasteiger charge is 2.17. The zero-order valence-electron chi connectivity index (χ0n) is 19.6. The summed E-state index contributed by atoms with van der Waals surface area (Å²) in [5.74, 6) is 0.673. The van der Waals surface area contributed by atoms with Crippen molar-refractivity contribution in [2.75, 3.05) is 25.0 Å². The number of carbonyl (C=O) groups is 1. The minimum absolute atomic E-state index is 0.101. The van der Waals surface area contributed by atoms with Gasteiger partial charge < -0.3 is 15.0 Å². The minimum atomic E-state index is -0.101. The number of anilines is 1. The molecule has 180 valence electrons. The molecule has 6 nitrogen and oxygen atoms in total. The van der Waals surface area contributed by atoms with E-state index in [1.165, 1.54) is 12.8 Å². The van der Waals surface area contributed by atoms with E-state index in [-0.39, 0.29) is 12.3 Å². The molecule has 0 saturated carbocycles. The first-order valence-corrected chi connectivity index (χ1v) is 12.5. The Hall–Kier alpha value is -3.35. The number of hydrogen-bond acceptors (Lipinski definition) is 4. The number of amides is 1. The summed E-state index contributed by atoms with van der Waals surface area (Å²) in [4.78, 5) is 15.3. The number of carbonyl (C=O) groups excluding carboxylic acids is 1. The average Bonchev–Trinajstić information content (AvgIpc) is 3.51. The van der Waals surface area contributed by atoms with Gasteiger partial charge in [0.1, 0.15) is 12.4 Å². The van der Waals surface area contributed by atoms with Crippen LogP contribution >= 0.6 is 11.6 Å². The lowest BCUT2D eigenvalue weighted by Crippen LogP contribution is -2.24. The van der Waals surface area contributed by atoms with E-state index in [9.17, 15) is 4.79 Å². The molecule has 7 heteroatoms. The molecular formula is C28H29ClN4O2. The van der Waals surface area contributed by atoms with Crippen LogP contribution in [0.15, 0.2) is 72.8 Å². The Kier molecular flexibility index (Phi) is 7.31. The predicted octanol–water partition coefficient (Wildman–Crippen LogP) is 5.55. The SMILES string of the molecule is O=C(Cc1ccc(OCc2ccccc2)cc1)Nc1cccc2c1c(Cl)nn2CCN1CCCC1. The molecule has 1 saturated heterocycles. The molecular weight excluding hydrogens is 460 g/mol. The second-order valence-corrected chi connectivity index (χ2v) is 9.26. The lowest BCUT2D eigenvalue weighted by Gasteiger charge is -2.14. The summed E-state index contributed by atoms with van der Waals surface area (Å²) in [7, 11) is 0. The van der Waals surface area contributed by atoms with Crippen LogP contribution in [0.4, 0.5) is 5.69 Å². The van der Waals surface area contributed by atoms with Gasteiger partial charge in [-0.2, -0.15) is 5.10 Å². The van der Waals surface area contributed by atoms with E-state index >= 15 is 0 Å². The van der Waals surface area contributed by atoms with Gasteiger partial charge in [0.2, 0.25) is 5.91 Å². The van der Waals surface area contributed by atoms with Crippen molar-refractivity contribution in [2.45, 2.75) is 32.4 Å². The van der Waals surface area contributed by atoms with Crippen LogP contribution in [-0.4, -0.2) is 40.2 Å². The maximum atomic E-state index is 12.8. The van der Waals surface area contributed by atoms with Crippen molar-refractivity contribution in [3.05, 3.63) is 89.1 Å². The summed E-state index contributed by atoms with van der Waals surface area (Å²) in [5, 5.41) is 8.77. The monoisotopic (exact) mass is 488 g/mol. The topological polar surface area (TPSA) is 59.4 Å². The molecule has 1 aliphatic heterocycles. The van der Waals surface area contributed by atoms with Crippen molar-refractivity contribution < 1.29 is 9.53 Å². The van der Waals surface area contributed by atoms with Crippen LogP contribution in [0.2, 0.25) is 5.15 Å². The Morgan fingerprint density at radius 2 is 1.69 bits per heavy atom. The van der Waals surface area contributed by atoms with Crippen molar-refractivity contribution in [3.63, 3.8) is 0 Å². The molecule has 0 unspecified atom stereocenters. The normalized spacial score (nSPS) is 13.9. The fraction of sp³-hybridized carbons (Fsp3) is 0.286. The highest BCUT2D eigenvalue weighted by molar-refractivity contribution is 6.35. The Morgan fingerprint density at radius 1 is 0.914 bits per heavy atom. The standard InChI is InChI=1S/C28H29ClN4O2/c29-28-27-24(9-6-10-25(27)33(31-28)18-17-32-15-4-5-16-32)30-26(34)19-21-11-13-23(14-12-21)35-20-22-7-2-1-3-8-22/h1-3,6-14H,4-5,15-20H2,(H,30,34). The molecule has 1 fully saturated rings. The highest BCUT2D eigenvalue weighted by Crippen LogP contribution is 2.30. The van der Waals surface area contributed by atoms with Gasteiger partial charge in [-0.3, -0.25) is 9.48 Å². The van der Waals surface area contributed by atoms with Gasteiger partial charge >= 0.3 is 0 Å². The first kappa shape index (κ1) is 23.4. The lowest BCUT2D eigenvalue weighted by molar-refractivity contribution is -0.115. The second kappa shape index (κ2) is 10.9. The number of halogens is 1. The van der Waals surface area contributed by atoms with Crippen LogP contribution in [0.5, 0.6) is 5.75 Å². The number of hydrogen-bond donors (Lipinski definition) is 1. The average molecular weight is 489 g/mol. The van der Waals surface area contributed by atoms with Crippen molar-refractivity contribution in [1.82, 2.24) is 14.7 Å². The number of benzene rings is 3. The Bertz CT molecular complexity index is 1280. The number of likely N-dealkylation sites (tertiary alicyclic amines) is 1. The molecule has 1 aromatic heterocycles. The molecule has 1 aliphatic rings. The van der Waals surface area contributed by atoms with Crippen LogP contribution < -0.4 is 10.1 Å². The third-order valence-electron chi connectivity index (χ3n) is 6.37. The van der Waals surface area contributed by atoms with Crippen molar-refractivity contribution in [1.29, 1.82) is 0 Å². The predicted molar refractivity (Wildman–Crippen MR) is 140 cm³/mol. The second-order valence-electron chi connectivity index (χ2n) is 8.91.